The predicted molar refractivity (Wildman–Crippen MR) is 111 cm³/mol. The number of alkyl halides is 3. The molecule has 1 aliphatic rings. The number of piperazine rings is 1. The van der Waals surface area contributed by atoms with Gasteiger partial charge in [-0.3, -0.25) is 14.2 Å². The lowest BCUT2D eigenvalue weighted by molar-refractivity contribution is -0.143. The summed E-state index contributed by atoms with van der Waals surface area (Å²) in [6, 6.07) is 11.1. The zero-order chi connectivity index (χ0) is 23.0. The van der Waals surface area contributed by atoms with Gasteiger partial charge < -0.3 is 9.80 Å². The Labute approximate surface area is 180 Å². The number of benzene rings is 2. The molecule has 10 heteroatoms. The van der Waals surface area contributed by atoms with E-state index in [0.717, 1.165) is 4.57 Å². The number of fused-ring (bicyclic) bond motifs is 1. The minimum Gasteiger partial charge on any atom is -0.366 e. The number of hydrogen-bond acceptors (Lipinski definition) is 4. The summed E-state index contributed by atoms with van der Waals surface area (Å²) in [6.07, 6.45) is -4.95. The number of carbonyl (C=O) groups is 1. The zero-order valence-corrected chi connectivity index (χ0v) is 17.1. The second-order valence-electron chi connectivity index (χ2n) is 7.56. The van der Waals surface area contributed by atoms with Gasteiger partial charge in [-0.15, -0.1) is 0 Å². The Balaban J connectivity index is 1.62. The lowest BCUT2D eigenvalue weighted by Gasteiger charge is -2.37. The number of para-hydroxylation sites is 3. The van der Waals surface area contributed by atoms with Crippen LogP contribution < -0.4 is 10.5 Å². The van der Waals surface area contributed by atoms with Crippen LogP contribution in [0.25, 0.3) is 11.0 Å². The standard InChI is InChI=1S/C22H20F4N4O2/c1-14(20(31)29-12-10-28(11-13-29)17-8-4-2-6-15(17)23)30-18-9-5-3-7-16(18)27-19(21(30)32)22(24,25)26/h2-9,14H,10-13H2,1H3/t14-/m0/s1. The lowest BCUT2D eigenvalue weighted by Crippen LogP contribution is -2.51. The number of aromatic nitrogens is 2. The van der Waals surface area contributed by atoms with Crippen LogP contribution in [0, 0.1) is 5.82 Å². The monoisotopic (exact) mass is 448 g/mol. The molecule has 1 aromatic heterocycles. The van der Waals surface area contributed by atoms with E-state index in [0.29, 0.717) is 18.8 Å². The number of anilines is 1. The molecule has 1 saturated heterocycles. The van der Waals surface area contributed by atoms with Crippen molar-refractivity contribution in [3.05, 3.63) is 70.4 Å². The average molecular weight is 448 g/mol. The first kappa shape index (κ1) is 21.8. The smallest absolute Gasteiger partial charge is 0.366 e. The van der Waals surface area contributed by atoms with Crippen molar-refractivity contribution in [2.75, 3.05) is 31.1 Å². The van der Waals surface area contributed by atoms with Crippen LogP contribution in [0.5, 0.6) is 0 Å². The van der Waals surface area contributed by atoms with Gasteiger partial charge in [0.15, 0.2) is 0 Å². The third-order valence-corrected chi connectivity index (χ3v) is 5.59. The van der Waals surface area contributed by atoms with Gasteiger partial charge >= 0.3 is 6.18 Å². The van der Waals surface area contributed by atoms with Crippen molar-refractivity contribution in [2.24, 2.45) is 0 Å². The highest BCUT2D eigenvalue weighted by Crippen LogP contribution is 2.28. The number of amides is 1. The molecule has 0 saturated carbocycles. The summed E-state index contributed by atoms with van der Waals surface area (Å²) in [7, 11) is 0. The molecule has 1 atom stereocenters. The molecule has 3 aromatic rings. The number of nitrogens with zero attached hydrogens (tertiary/aromatic N) is 4. The van der Waals surface area contributed by atoms with Crippen LogP contribution in [0.3, 0.4) is 0 Å². The molecule has 6 nitrogen and oxygen atoms in total. The van der Waals surface area contributed by atoms with E-state index in [2.05, 4.69) is 4.98 Å². The van der Waals surface area contributed by atoms with E-state index >= 15 is 0 Å². The Bertz CT molecular complexity index is 1220. The van der Waals surface area contributed by atoms with E-state index in [4.69, 9.17) is 0 Å². The first-order chi connectivity index (χ1) is 15.2. The van der Waals surface area contributed by atoms with Gasteiger partial charge in [0, 0.05) is 26.2 Å². The van der Waals surface area contributed by atoms with Crippen LogP contribution in [-0.4, -0.2) is 46.5 Å². The molecular formula is C22H20F4N4O2. The van der Waals surface area contributed by atoms with Crippen LogP contribution in [-0.2, 0) is 11.0 Å². The molecule has 0 unspecified atom stereocenters. The summed E-state index contributed by atoms with van der Waals surface area (Å²) in [4.78, 5) is 32.6. The summed E-state index contributed by atoms with van der Waals surface area (Å²) in [5.41, 5.74) is -2.36. The van der Waals surface area contributed by atoms with E-state index in [1.807, 2.05) is 0 Å². The zero-order valence-electron chi connectivity index (χ0n) is 17.1. The molecule has 0 N–H and O–H groups in total. The first-order valence-electron chi connectivity index (χ1n) is 10.0. The van der Waals surface area contributed by atoms with Crippen molar-refractivity contribution in [3.63, 3.8) is 0 Å². The first-order valence-corrected chi connectivity index (χ1v) is 10.0. The number of hydrogen-bond donors (Lipinski definition) is 0. The molecule has 2 heterocycles. The van der Waals surface area contributed by atoms with Crippen molar-refractivity contribution in [2.45, 2.75) is 19.1 Å². The summed E-state index contributed by atoms with van der Waals surface area (Å²) in [6.45, 7) is 2.63. The van der Waals surface area contributed by atoms with Gasteiger partial charge in [0.2, 0.25) is 11.6 Å². The van der Waals surface area contributed by atoms with E-state index in [1.165, 1.54) is 36.1 Å². The predicted octanol–water partition coefficient (Wildman–Crippen LogP) is 3.46. The summed E-state index contributed by atoms with van der Waals surface area (Å²) < 4.78 is 55.1. The third kappa shape index (κ3) is 3.92. The van der Waals surface area contributed by atoms with Crippen LogP contribution in [0.15, 0.2) is 53.3 Å². The van der Waals surface area contributed by atoms with E-state index in [1.54, 1.807) is 29.2 Å². The van der Waals surface area contributed by atoms with Crippen molar-refractivity contribution >= 4 is 22.6 Å². The summed E-state index contributed by atoms with van der Waals surface area (Å²) in [5, 5.41) is 0. The Morgan fingerprint density at radius 3 is 2.28 bits per heavy atom. The van der Waals surface area contributed by atoms with Crippen molar-refractivity contribution < 1.29 is 22.4 Å². The Morgan fingerprint density at radius 2 is 1.62 bits per heavy atom. The SMILES string of the molecule is C[C@@H](C(=O)N1CCN(c2ccccc2F)CC1)n1c(=O)c(C(F)(F)F)nc2ccccc21. The summed E-state index contributed by atoms with van der Waals surface area (Å²) >= 11 is 0. The van der Waals surface area contributed by atoms with E-state index in [9.17, 15) is 27.2 Å². The quantitative estimate of drug-likeness (QED) is 0.576. The minimum atomic E-state index is -4.95. The molecular weight excluding hydrogens is 428 g/mol. The molecule has 1 amide bonds. The molecule has 0 spiro atoms. The molecule has 2 aromatic carbocycles. The van der Waals surface area contributed by atoms with E-state index < -0.39 is 29.4 Å². The highest BCUT2D eigenvalue weighted by Gasteiger charge is 2.39. The Hall–Kier alpha value is -3.43. The maximum Gasteiger partial charge on any atom is 0.438 e. The number of carbonyl (C=O) groups excluding carboxylic acids is 1. The maximum absolute atomic E-state index is 14.0. The second kappa shape index (κ2) is 8.25. The van der Waals surface area contributed by atoms with Crippen LogP contribution >= 0.6 is 0 Å². The fraction of sp³-hybridized carbons (Fsp3) is 0.318. The van der Waals surface area contributed by atoms with Crippen LogP contribution in [0.2, 0.25) is 0 Å². The van der Waals surface area contributed by atoms with Gasteiger partial charge in [0.1, 0.15) is 11.9 Å². The second-order valence-corrected chi connectivity index (χ2v) is 7.56. The topological polar surface area (TPSA) is 58.4 Å². The van der Waals surface area contributed by atoms with Gasteiger partial charge in [0.05, 0.1) is 16.7 Å². The summed E-state index contributed by atoms with van der Waals surface area (Å²) in [5.74, 6) is -0.847. The van der Waals surface area contributed by atoms with Crippen molar-refractivity contribution in [1.29, 1.82) is 0 Å². The fourth-order valence-corrected chi connectivity index (χ4v) is 3.97. The van der Waals surface area contributed by atoms with E-state index in [-0.39, 0.29) is 29.9 Å². The fourth-order valence-electron chi connectivity index (χ4n) is 3.97. The highest BCUT2D eigenvalue weighted by atomic mass is 19.4. The minimum absolute atomic E-state index is 0.0246. The normalized spacial score (nSPS) is 15.8. The Kier molecular flexibility index (Phi) is 5.62. The number of halogens is 4. The lowest BCUT2D eigenvalue weighted by atomic mass is 10.2. The molecule has 168 valence electrons. The van der Waals surface area contributed by atoms with Crippen LogP contribution in [0.4, 0.5) is 23.2 Å². The van der Waals surface area contributed by atoms with Gasteiger partial charge in [-0.25, -0.2) is 9.37 Å². The Morgan fingerprint density at radius 1 is 1.00 bits per heavy atom. The van der Waals surface area contributed by atoms with Crippen molar-refractivity contribution in [1.82, 2.24) is 14.5 Å². The highest BCUT2D eigenvalue weighted by molar-refractivity contribution is 5.83. The van der Waals surface area contributed by atoms with Crippen LogP contribution in [0.1, 0.15) is 18.7 Å². The van der Waals surface area contributed by atoms with Gasteiger partial charge in [-0.05, 0) is 31.2 Å². The molecule has 4 rings (SSSR count). The van der Waals surface area contributed by atoms with Gasteiger partial charge in [-0.1, -0.05) is 24.3 Å². The molecule has 1 fully saturated rings. The van der Waals surface area contributed by atoms with Crippen molar-refractivity contribution in [3.8, 4) is 0 Å². The van der Waals surface area contributed by atoms with Gasteiger partial charge in [0.25, 0.3) is 5.56 Å². The molecule has 0 aliphatic carbocycles. The maximum atomic E-state index is 14.0. The molecule has 1 aliphatic heterocycles. The largest absolute Gasteiger partial charge is 0.438 e. The van der Waals surface area contributed by atoms with Gasteiger partial charge in [-0.2, -0.15) is 13.2 Å². The average Bonchev–Trinajstić information content (AvgIpc) is 2.77. The molecule has 32 heavy (non-hydrogen) atoms. The molecule has 0 bridgehead atoms. The number of rotatable bonds is 3. The molecule has 0 radical (unpaired) electrons. The third-order valence-electron chi connectivity index (χ3n) is 5.59.